The van der Waals surface area contributed by atoms with Gasteiger partial charge in [-0.05, 0) is 53.6 Å². The highest BCUT2D eigenvalue weighted by Crippen LogP contribution is 2.33. The summed E-state index contributed by atoms with van der Waals surface area (Å²) >= 11 is 3.53. The third kappa shape index (κ3) is 5.60. The summed E-state index contributed by atoms with van der Waals surface area (Å²) in [7, 11) is 1.68. The van der Waals surface area contributed by atoms with E-state index in [1.165, 1.54) is 0 Å². The number of methoxy groups -OCH3 is 1. The molecule has 0 unspecified atom stereocenters. The number of aryl methyl sites for hydroxylation is 1. The van der Waals surface area contributed by atoms with E-state index in [4.69, 9.17) is 14.2 Å². The van der Waals surface area contributed by atoms with Gasteiger partial charge in [0.15, 0.2) is 11.5 Å². The molecule has 3 rings (SSSR count). The summed E-state index contributed by atoms with van der Waals surface area (Å²) < 4.78 is 16.0. The average Bonchev–Trinajstić information content (AvgIpc) is 3.17. The number of benzene rings is 2. The van der Waals surface area contributed by atoms with Gasteiger partial charge in [-0.3, -0.25) is 0 Å². The van der Waals surface area contributed by atoms with Crippen molar-refractivity contribution in [2.24, 2.45) is 0 Å². The summed E-state index contributed by atoms with van der Waals surface area (Å²) in [6, 6.07) is 12.0. The van der Waals surface area contributed by atoms with Crippen LogP contribution < -0.4 is 14.2 Å². The van der Waals surface area contributed by atoms with Crippen molar-refractivity contribution in [3.63, 3.8) is 0 Å². The molecule has 0 atom stereocenters. The fourth-order valence-electron chi connectivity index (χ4n) is 2.33. The minimum atomic E-state index is 0.290. The lowest BCUT2D eigenvalue weighted by Crippen LogP contribution is -1.92. The molecule has 1 aliphatic heterocycles. The van der Waals surface area contributed by atoms with E-state index in [0.29, 0.717) is 6.79 Å². The van der Waals surface area contributed by atoms with Crippen molar-refractivity contribution in [3.8, 4) is 17.2 Å². The maximum atomic E-state index is 5.38. The Morgan fingerprint density at radius 3 is 2.46 bits per heavy atom. The van der Waals surface area contributed by atoms with Crippen LogP contribution in [0.2, 0.25) is 0 Å². The van der Waals surface area contributed by atoms with E-state index in [9.17, 15) is 0 Å². The summed E-state index contributed by atoms with van der Waals surface area (Å²) in [6.45, 7) is 10.4. The molecule has 0 bridgehead atoms. The zero-order valence-electron chi connectivity index (χ0n) is 16.2. The first-order chi connectivity index (χ1) is 12.7. The molecule has 0 N–H and O–H groups in total. The topological polar surface area (TPSA) is 27.7 Å². The molecule has 1 heterocycles. The van der Waals surface area contributed by atoms with Crippen LogP contribution in [0.25, 0.3) is 11.6 Å². The molecule has 1 aliphatic rings. The third-order valence-electron chi connectivity index (χ3n) is 3.65. The quantitative estimate of drug-likeness (QED) is 0.524. The largest absolute Gasteiger partial charge is 0.496 e. The minimum absolute atomic E-state index is 0.290. The van der Waals surface area contributed by atoms with Crippen molar-refractivity contribution in [1.82, 2.24) is 0 Å². The van der Waals surface area contributed by atoms with Gasteiger partial charge in [-0.15, -0.1) is 0 Å². The molecule has 0 saturated carbocycles. The van der Waals surface area contributed by atoms with Gasteiger partial charge in [-0.2, -0.15) is 12.6 Å². The van der Waals surface area contributed by atoms with Crippen LogP contribution in [0.5, 0.6) is 17.2 Å². The molecule has 2 aromatic rings. The van der Waals surface area contributed by atoms with Gasteiger partial charge >= 0.3 is 0 Å². The van der Waals surface area contributed by atoms with Crippen LogP contribution in [-0.4, -0.2) is 20.2 Å². The van der Waals surface area contributed by atoms with E-state index in [2.05, 4.69) is 19.2 Å². The lowest BCUT2D eigenvalue weighted by atomic mass is 10.0. The van der Waals surface area contributed by atoms with Crippen molar-refractivity contribution in [3.05, 3.63) is 65.7 Å². The number of ether oxygens (including phenoxy) is 3. The number of hydrogen-bond donors (Lipinski definition) is 1. The number of fused-ring (bicyclic) bond motifs is 1. The van der Waals surface area contributed by atoms with Gasteiger partial charge in [0, 0.05) is 0 Å². The molecule has 0 amide bonds. The van der Waals surface area contributed by atoms with Crippen LogP contribution in [0.1, 0.15) is 30.5 Å². The maximum absolute atomic E-state index is 5.38. The van der Waals surface area contributed by atoms with Crippen molar-refractivity contribution < 1.29 is 14.2 Å². The van der Waals surface area contributed by atoms with Crippen LogP contribution >= 0.6 is 12.6 Å². The molecule has 4 heteroatoms. The van der Waals surface area contributed by atoms with E-state index >= 15 is 0 Å². The minimum Gasteiger partial charge on any atom is -0.496 e. The molecule has 26 heavy (non-hydrogen) atoms. The van der Waals surface area contributed by atoms with Gasteiger partial charge in [-0.25, -0.2) is 0 Å². The lowest BCUT2D eigenvalue weighted by Gasteiger charge is -2.07. The van der Waals surface area contributed by atoms with Gasteiger partial charge in [0.05, 0.1) is 7.11 Å². The maximum Gasteiger partial charge on any atom is 0.231 e. The molecular weight excluding hydrogens is 344 g/mol. The number of hydrogen-bond acceptors (Lipinski definition) is 4. The fraction of sp³-hybridized carbons (Fsp3) is 0.273. The Bertz CT molecular complexity index is 751. The van der Waals surface area contributed by atoms with Crippen LogP contribution in [0.3, 0.4) is 0 Å². The molecule has 0 radical (unpaired) electrons. The van der Waals surface area contributed by atoms with E-state index < -0.39 is 0 Å². The second-order valence-electron chi connectivity index (χ2n) is 5.16. The van der Waals surface area contributed by atoms with Gasteiger partial charge in [0.25, 0.3) is 0 Å². The van der Waals surface area contributed by atoms with Gasteiger partial charge in [0.1, 0.15) is 5.75 Å². The summed E-state index contributed by atoms with van der Waals surface area (Å²) in [5, 5.41) is 0. The second-order valence-corrected chi connectivity index (χ2v) is 5.16. The van der Waals surface area contributed by atoms with Crippen molar-refractivity contribution in [2.45, 2.75) is 20.8 Å². The van der Waals surface area contributed by atoms with Crippen molar-refractivity contribution >= 4 is 24.3 Å². The summed E-state index contributed by atoms with van der Waals surface area (Å²) in [4.78, 5) is 0. The molecule has 0 aliphatic carbocycles. The summed E-state index contributed by atoms with van der Waals surface area (Å²) in [5.41, 5.74) is 4.12. The van der Waals surface area contributed by atoms with Gasteiger partial charge in [-0.1, -0.05) is 50.8 Å². The Kier molecular flexibility index (Phi) is 9.45. The zero-order chi connectivity index (χ0) is 19.5. The molecule has 0 saturated heterocycles. The van der Waals surface area contributed by atoms with Gasteiger partial charge in [0.2, 0.25) is 6.79 Å². The first-order valence-corrected chi connectivity index (χ1v) is 9.43. The van der Waals surface area contributed by atoms with E-state index in [-0.39, 0.29) is 0 Å². The Hall–Kier alpha value is -2.33. The predicted octanol–water partition coefficient (Wildman–Crippen LogP) is 6.03. The summed E-state index contributed by atoms with van der Waals surface area (Å²) in [5.74, 6) is 2.44. The summed E-state index contributed by atoms with van der Waals surface area (Å²) in [6.07, 6.45) is 5.69. The second kappa shape index (κ2) is 11.3. The first-order valence-electron chi connectivity index (χ1n) is 8.54. The lowest BCUT2D eigenvalue weighted by molar-refractivity contribution is 0.174. The fourth-order valence-corrected chi connectivity index (χ4v) is 2.33. The van der Waals surface area contributed by atoms with Gasteiger partial charge < -0.3 is 14.2 Å². The van der Waals surface area contributed by atoms with E-state index in [1.54, 1.807) is 13.4 Å². The Balaban J connectivity index is 0.000000791. The molecular formula is C22H28O3S. The normalized spacial score (nSPS) is 11.2. The van der Waals surface area contributed by atoms with Crippen molar-refractivity contribution in [1.29, 1.82) is 0 Å². The average molecular weight is 373 g/mol. The van der Waals surface area contributed by atoms with Crippen LogP contribution in [0.4, 0.5) is 0 Å². The molecule has 0 aromatic heterocycles. The zero-order valence-corrected chi connectivity index (χ0v) is 17.1. The monoisotopic (exact) mass is 372 g/mol. The number of rotatable bonds is 4. The smallest absolute Gasteiger partial charge is 0.231 e. The molecule has 0 fully saturated rings. The molecule has 3 nitrogen and oxygen atoms in total. The SMILES string of the molecule is C=C(/C=C/c1ccc2c(c1)OCO2)c1ccc(C)c(OC)c1.CC.CS. The van der Waals surface area contributed by atoms with Crippen LogP contribution in [0.15, 0.2) is 49.1 Å². The van der Waals surface area contributed by atoms with Crippen LogP contribution in [0, 0.1) is 6.92 Å². The number of allylic oxidation sites excluding steroid dienone is 2. The predicted molar refractivity (Wildman–Crippen MR) is 115 cm³/mol. The van der Waals surface area contributed by atoms with Crippen molar-refractivity contribution in [2.75, 3.05) is 20.2 Å². The first kappa shape index (κ1) is 21.7. The van der Waals surface area contributed by atoms with E-state index in [1.807, 2.05) is 69.3 Å². The van der Waals surface area contributed by atoms with Crippen LogP contribution in [-0.2, 0) is 0 Å². The number of thiol groups is 1. The Morgan fingerprint density at radius 1 is 1.08 bits per heavy atom. The highest BCUT2D eigenvalue weighted by atomic mass is 32.1. The highest BCUT2D eigenvalue weighted by Gasteiger charge is 2.12. The Labute approximate surface area is 162 Å². The molecule has 0 spiro atoms. The molecule has 2 aromatic carbocycles. The highest BCUT2D eigenvalue weighted by molar-refractivity contribution is 7.79. The van der Waals surface area contributed by atoms with E-state index in [0.717, 1.165) is 39.5 Å². The Morgan fingerprint density at radius 2 is 1.77 bits per heavy atom. The third-order valence-corrected chi connectivity index (χ3v) is 3.65. The molecule has 140 valence electrons. The standard InChI is InChI=1S/C19H18O3.C2H6.CH4S/c1-13(16-8-5-14(2)18(11-16)20-3)4-6-15-7-9-17-19(10-15)22-12-21-17;2*1-2/h4-11H,1,12H2,2-3H3;1-2H3;2H,1H3/b6-4+;;.